The highest BCUT2D eigenvalue weighted by Crippen LogP contribution is 2.30. The molecule has 8 nitrogen and oxygen atoms in total. The Bertz CT molecular complexity index is 600. The summed E-state index contributed by atoms with van der Waals surface area (Å²) in [6, 6.07) is 0. The summed E-state index contributed by atoms with van der Waals surface area (Å²) in [5.74, 6) is 0. The van der Waals surface area contributed by atoms with Crippen molar-refractivity contribution in [2.24, 2.45) is 0 Å². The Labute approximate surface area is 118 Å². The first-order valence-electron chi connectivity index (χ1n) is 6.43. The zero-order valence-corrected chi connectivity index (χ0v) is 11.4. The highest BCUT2D eigenvalue weighted by molar-refractivity contribution is 5.03. The van der Waals surface area contributed by atoms with Crippen molar-refractivity contribution in [3.05, 3.63) is 32.6 Å². The van der Waals surface area contributed by atoms with Crippen LogP contribution in [0.1, 0.15) is 11.8 Å². The van der Waals surface area contributed by atoms with Gasteiger partial charge in [0, 0.05) is 11.8 Å². The van der Waals surface area contributed by atoms with Crippen molar-refractivity contribution in [3.63, 3.8) is 0 Å². The molecule has 1 aliphatic heterocycles. The maximum atomic E-state index is 12.3. The molecule has 1 saturated heterocycles. The molecule has 2 heterocycles. The third-order valence-electron chi connectivity index (χ3n) is 3.30. The number of aliphatic hydroxyl groups excluding tert-OH is 2. The lowest BCUT2D eigenvalue weighted by Gasteiger charge is -2.22. The van der Waals surface area contributed by atoms with E-state index in [2.05, 4.69) is 4.98 Å². The van der Waals surface area contributed by atoms with Crippen LogP contribution in [0.3, 0.4) is 0 Å². The predicted molar refractivity (Wildman–Crippen MR) is 68.8 cm³/mol. The van der Waals surface area contributed by atoms with E-state index in [4.69, 9.17) is 14.6 Å². The van der Waals surface area contributed by atoms with E-state index >= 15 is 0 Å². The number of aliphatic hydroxyl groups is 2. The summed E-state index contributed by atoms with van der Waals surface area (Å²) in [5, 5.41) is 19.2. The van der Waals surface area contributed by atoms with Crippen LogP contribution in [0.5, 0.6) is 0 Å². The van der Waals surface area contributed by atoms with Gasteiger partial charge in [-0.05, 0) is 6.92 Å². The van der Waals surface area contributed by atoms with Crippen LogP contribution in [0.4, 0.5) is 4.39 Å². The standard InChI is InChI=1S/C12H17FN2O6/c1-6-4-15(12(19)14-10(6)18)11-9(20-3-2-13)8(17)7(5-16)21-11/h4,7-9,11,16-17H,2-3,5H2,1H3,(H,14,18,19)/t7-,8+,9-,11-/m0/s1. The average molecular weight is 304 g/mol. The molecule has 1 aromatic heterocycles. The SMILES string of the molecule is Cc1cn([C@H]2O[C@@H](CO)[C@@H](O)[C@@H]2OCCF)c(=O)[nH]c1=O. The molecule has 0 aliphatic carbocycles. The zero-order valence-electron chi connectivity index (χ0n) is 11.4. The summed E-state index contributed by atoms with van der Waals surface area (Å²) in [4.78, 5) is 25.3. The summed E-state index contributed by atoms with van der Waals surface area (Å²) < 4.78 is 23.9. The fraction of sp³-hybridized carbons (Fsp3) is 0.667. The number of hydrogen-bond acceptors (Lipinski definition) is 6. The summed E-state index contributed by atoms with van der Waals surface area (Å²) in [7, 11) is 0. The molecule has 0 saturated carbocycles. The third-order valence-corrected chi connectivity index (χ3v) is 3.30. The molecule has 0 spiro atoms. The van der Waals surface area contributed by atoms with Crippen molar-refractivity contribution in [3.8, 4) is 0 Å². The van der Waals surface area contributed by atoms with Crippen molar-refractivity contribution in [2.75, 3.05) is 19.9 Å². The normalized spacial score (nSPS) is 29.0. The van der Waals surface area contributed by atoms with Crippen molar-refractivity contribution >= 4 is 0 Å². The maximum absolute atomic E-state index is 12.3. The van der Waals surface area contributed by atoms with E-state index in [9.17, 15) is 19.1 Å². The molecule has 1 aliphatic rings. The average Bonchev–Trinajstić information content (AvgIpc) is 2.77. The van der Waals surface area contributed by atoms with Gasteiger partial charge in [-0.1, -0.05) is 0 Å². The van der Waals surface area contributed by atoms with E-state index < -0.39 is 49.1 Å². The summed E-state index contributed by atoms with van der Waals surface area (Å²) in [5.41, 5.74) is -1.01. The van der Waals surface area contributed by atoms with Gasteiger partial charge in [-0.2, -0.15) is 0 Å². The van der Waals surface area contributed by atoms with Gasteiger partial charge in [0.05, 0.1) is 13.2 Å². The van der Waals surface area contributed by atoms with E-state index in [-0.39, 0.29) is 12.2 Å². The molecule has 0 amide bonds. The van der Waals surface area contributed by atoms with E-state index in [0.717, 1.165) is 4.57 Å². The molecule has 2 rings (SSSR count). The number of alkyl halides is 1. The van der Waals surface area contributed by atoms with E-state index in [1.165, 1.54) is 13.1 Å². The zero-order chi connectivity index (χ0) is 15.6. The molecule has 0 bridgehead atoms. The predicted octanol–water partition coefficient (Wildman–Crippen LogP) is -1.55. The van der Waals surface area contributed by atoms with Gasteiger partial charge < -0.3 is 19.7 Å². The smallest absolute Gasteiger partial charge is 0.330 e. The number of ether oxygens (including phenoxy) is 2. The number of rotatable bonds is 5. The molecule has 1 fully saturated rings. The fourth-order valence-electron chi connectivity index (χ4n) is 2.23. The lowest BCUT2D eigenvalue weighted by molar-refractivity contribution is -0.0762. The number of halogens is 1. The fourth-order valence-corrected chi connectivity index (χ4v) is 2.23. The van der Waals surface area contributed by atoms with Gasteiger partial charge in [0.2, 0.25) is 0 Å². The van der Waals surface area contributed by atoms with Crippen LogP contribution in [-0.4, -0.2) is 58.0 Å². The van der Waals surface area contributed by atoms with Crippen LogP contribution in [0.15, 0.2) is 15.8 Å². The molecular weight excluding hydrogens is 287 g/mol. The largest absolute Gasteiger partial charge is 0.394 e. The van der Waals surface area contributed by atoms with Gasteiger partial charge in [0.25, 0.3) is 5.56 Å². The molecule has 0 radical (unpaired) electrons. The van der Waals surface area contributed by atoms with Gasteiger partial charge in [-0.3, -0.25) is 14.3 Å². The van der Waals surface area contributed by atoms with Crippen LogP contribution in [0.25, 0.3) is 0 Å². The molecular formula is C12H17FN2O6. The number of H-pyrrole nitrogens is 1. The number of aromatic nitrogens is 2. The number of aryl methyl sites for hydroxylation is 1. The minimum Gasteiger partial charge on any atom is -0.394 e. The number of nitrogens with zero attached hydrogens (tertiary/aromatic N) is 1. The molecule has 118 valence electrons. The Morgan fingerprint density at radius 2 is 2.24 bits per heavy atom. The quantitative estimate of drug-likeness (QED) is 0.607. The van der Waals surface area contributed by atoms with Gasteiger partial charge in [-0.25, -0.2) is 9.18 Å². The first-order chi connectivity index (χ1) is 9.99. The lowest BCUT2D eigenvalue weighted by atomic mass is 10.1. The monoisotopic (exact) mass is 304 g/mol. The Kier molecular flexibility index (Phi) is 4.88. The second-order valence-electron chi connectivity index (χ2n) is 4.74. The molecule has 9 heteroatoms. The van der Waals surface area contributed by atoms with Gasteiger partial charge in [0.1, 0.15) is 25.0 Å². The van der Waals surface area contributed by atoms with Crippen LogP contribution < -0.4 is 11.2 Å². The molecule has 4 atom stereocenters. The summed E-state index contributed by atoms with van der Waals surface area (Å²) >= 11 is 0. The van der Waals surface area contributed by atoms with Gasteiger partial charge in [-0.15, -0.1) is 0 Å². The first-order valence-corrected chi connectivity index (χ1v) is 6.43. The van der Waals surface area contributed by atoms with Crippen molar-refractivity contribution < 1.29 is 24.1 Å². The minimum absolute atomic E-state index is 0.268. The molecule has 21 heavy (non-hydrogen) atoms. The van der Waals surface area contributed by atoms with E-state index in [1.807, 2.05) is 0 Å². The van der Waals surface area contributed by atoms with Crippen LogP contribution in [-0.2, 0) is 9.47 Å². The highest BCUT2D eigenvalue weighted by Gasteiger charge is 2.45. The van der Waals surface area contributed by atoms with Crippen molar-refractivity contribution in [1.82, 2.24) is 9.55 Å². The van der Waals surface area contributed by atoms with E-state index in [1.54, 1.807) is 0 Å². The number of aromatic amines is 1. The molecule has 0 unspecified atom stereocenters. The van der Waals surface area contributed by atoms with Gasteiger partial charge >= 0.3 is 5.69 Å². The maximum Gasteiger partial charge on any atom is 0.330 e. The second-order valence-corrected chi connectivity index (χ2v) is 4.74. The van der Waals surface area contributed by atoms with Crippen molar-refractivity contribution in [1.29, 1.82) is 0 Å². The highest BCUT2D eigenvalue weighted by atomic mass is 19.1. The number of hydrogen-bond donors (Lipinski definition) is 3. The summed E-state index contributed by atoms with van der Waals surface area (Å²) in [6.07, 6.45) is -3.00. The Morgan fingerprint density at radius 3 is 2.86 bits per heavy atom. The Hall–Kier alpha value is -1.55. The second kappa shape index (κ2) is 6.48. The molecule has 0 aromatic carbocycles. The summed E-state index contributed by atoms with van der Waals surface area (Å²) in [6.45, 7) is -0.0263. The Balaban J connectivity index is 2.37. The molecule has 1 aromatic rings. The van der Waals surface area contributed by atoms with Crippen molar-refractivity contribution in [2.45, 2.75) is 31.5 Å². The third kappa shape index (κ3) is 3.05. The number of nitrogens with one attached hydrogen (secondary N) is 1. The van der Waals surface area contributed by atoms with Crippen LogP contribution >= 0.6 is 0 Å². The first kappa shape index (κ1) is 15.8. The van der Waals surface area contributed by atoms with Crippen LogP contribution in [0.2, 0.25) is 0 Å². The minimum atomic E-state index is -1.22. The van der Waals surface area contributed by atoms with E-state index in [0.29, 0.717) is 0 Å². The van der Waals surface area contributed by atoms with Crippen LogP contribution in [0, 0.1) is 6.92 Å². The topological polar surface area (TPSA) is 114 Å². The molecule has 3 N–H and O–H groups in total. The lowest BCUT2D eigenvalue weighted by Crippen LogP contribution is -2.40. The van der Waals surface area contributed by atoms with Gasteiger partial charge in [0.15, 0.2) is 6.23 Å². The Morgan fingerprint density at radius 1 is 1.52 bits per heavy atom.